The predicted octanol–water partition coefficient (Wildman–Crippen LogP) is 3.79. The molecule has 0 unspecified atom stereocenters. The van der Waals surface area contributed by atoms with Crippen molar-refractivity contribution in [2.45, 2.75) is 31.8 Å². The Morgan fingerprint density at radius 3 is 2.43 bits per heavy atom. The maximum absolute atomic E-state index is 13.0. The van der Waals surface area contributed by atoms with E-state index in [4.69, 9.17) is 15.0 Å². The molecular formula is C26H27ClN4O4. The van der Waals surface area contributed by atoms with Crippen LogP contribution in [-0.2, 0) is 22.4 Å². The van der Waals surface area contributed by atoms with Gasteiger partial charge in [0.25, 0.3) is 5.82 Å². The fourth-order valence-corrected chi connectivity index (χ4v) is 3.70. The summed E-state index contributed by atoms with van der Waals surface area (Å²) in [5.74, 6) is -1.12. The molecule has 0 aliphatic rings. The molecular weight excluding hydrogens is 468 g/mol. The number of rotatable bonds is 9. The van der Waals surface area contributed by atoms with E-state index in [0.717, 1.165) is 21.9 Å². The summed E-state index contributed by atoms with van der Waals surface area (Å²) < 4.78 is 10.2. The minimum atomic E-state index is -0.785. The van der Waals surface area contributed by atoms with E-state index in [1.165, 1.54) is 0 Å². The van der Waals surface area contributed by atoms with Gasteiger partial charge in [-0.2, -0.15) is 4.98 Å². The highest BCUT2D eigenvalue weighted by Crippen LogP contribution is 2.19. The lowest BCUT2D eigenvalue weighted by molar-refractivity contribution is -0.123. The SMILES string of the molecule is CCOC(=O)c1noc([C@@H](Cc2ccccc2)NC(=O)[C@H](N)Cc2ccc3ccccc3c2)n1.Cl. The van der Waals surface area contributed by atoms with E-state index in [1.54, 1.807) is 6.92 Å². The fraction of sp³-hybridized carbons (Fsp3) is 0.231. The molecule has 0 bridgehead atoms. The number of hydrogen-bond acceptors (Lipinski definition) is 7. The highest BCUT2D eigenvalue weighted by atomic mass is 35.5. The van der Waals surface area contributed by atoms with E-state index >= 15 is 0 Å². The summed E-state index contributed by atoms with van der Waals surface area (Å²) in [6, 6.07) is 22.2. The van der Waals surface area contributed by atoms with Crippen LogP contribution in [0.4, 0.5) is 0 Å². The third-order valence-electron chi connectivity index (χ3n) is 5.40. The van der Waals surface area contributed by atoms with Crippen molar-refractivity contribution in [2.75, 3.05) is 6.61 Å². The number of carbonyl (C=O) groups is 2. The minimum absolute atomic E-state index is 0. The predicted molar refractivity (Wildman–Crippen MR) is 134 cm³/mol. The lowest BCUT2D eigenvalue weighted by Crippen LogP contribution is -2.44. The zero-order valence-electron chi connectivity index (χ0n) is 19.2. The molecule has 3 N–H and O–H groups in total. The highest BCUT2D eigenvalue weighted by Gasteiger charge is 2.26. The fourth-order valence-electron chi connectivity index (χ4n) is 3.70. The molecule has 2 atom stereocenters. The van der Waals surface area contributed by atoms with Gasteiger partial charge in [0.1, 0.15) is 6.04 Å². The Balaban J connectivity index is 0.00000342. The largest absolute Gasteiger partial charge is 0.460 e. The number of halogens is 1. The normalized spacial score (nSPS) is 12.4. The number of nitrogens with zero attached hydrogens (tertiary/aromatic N) is 2. The molecule has 1 heterocycles. The summed E-state index contributed by atoms with van der Waals surface area (Å²) in [6.45, 7) is 1.88. The Bertz CT molecular complexity index is 1280. The first-order valence-electron chi connectivity index (χ1n) is 11.1. The van der Waals surface area contributed by atoms with Crippen LogP contribution in [0, 0.1) is 0 Å². The lowest BCUT2D eigenvalue weighted by Gasteiger charge is -2.18. The summed E-state index contributed by atoms with van der Waals surface area (Å²) in [4.78, 5) is 29.1. The highest BCUT2D eigenvalue weighted by molar-refractivity contribution is 5.86. The van der Waals surface area contributed by atoms with Gasteiger partial charge in [0.05, 0.1) is 12.6 Å². The Kier molecular flexibility index (Phi) is 8.94. The van der Waals surface area contributed by atoms with Crippen LogP contribution in [0.2, 0.25) is 0 Å². The summed E-state index contributed by atoms with van der Waals surface area (Å²) in [7, 11) is 0. The van der Waals surface area contributed by atoms with Gasteiger partial charge in [0.15, 0.2) is 0 Å². The number of benzene rings is 3. The Morgan fingerprint density at radius 1 is 0.971 bits per heavy atom. The molecule has 0 fully saturated rings. The van der Waals surface area contributed by atoms with Crippen LogP contribution < -0.4 is 11.1 Å². The number of carbonyl (C=O) groups excluding carboxylic acids is 2. The van der Waals surface area contributed by atoms with Crippen LogP contribution in [0.1, 0.15) is 40.6 Å². The van der Waals surface area contributed by atoms with Gasteiger partial charge in [-0.1, -0.05) is 72.8 Å². The van der Waals surface area contributed by atoms with Crippen molar-refractivity contribution in [3.8, 4) is 0 Å². The van der Waals surface area contributed by atoms with Crippen LogP contribution in [0.25, 0.3) is 10.8 Å². The van der Waals surface area contributed by atoms with Gasteiger partial charge in [0.2, 0.25) is 11.8 Å². The van der Waals surface area contributed by atoms with Gasteiger partial charge in [-0.25, -0.2) is 4.79 Å². The second-order valence-electron chi connectivity index (χ2n) is 7.92. The summed E-state index contributed by atoms with van der Waals surface area (Å²) >= 11 is 0. The molecule has 4 aromatic rings. The second kappa shape index (κ2) is 12.1. The van der Waals surface area contributed by atoms with E-state index in [9.17, 15) is 9.59 Å². The molecule has 9 heteroatoms. The summed E-state index contributed by atoms with van der Waals surface area (Å²) in [6.07, 6.45) is 0.756. The van der Waals surface area contributed by atoms with Gasteiger partial charge in [0, 0.05) is 6.42 Å². The molecule has 35 heavy (non-hydrogen) atoms. The molecule has 1 aromatic heterocycles. The van der Waals surface area contributed by atoms with Crippen LogP contribution >= 0.6 is 12.4 Å². The molecule has 4 rings (SSSR count). The number of esters is 1. The maximum Gasteiger partial charge on any atom is 0.379 e. The van der Waals surface area contributed by atoms with Crippen molar-refractivity contribution in [1.29, 1.82) is 0 Å². The van der Waals surface area contributed by atoms with E-state index in [1.807, 2.05) is 72.8 Å². The number of ether oxygens (including phenoxy) is 1. The quantitative estimate of drug-likeness (QED) is 0.339. The molecule has 0 aliphatic carbocycles. The first-order chi connectivity index (χ1) is 16.5. The van der Waals surface area contributed by atoms with Crippen LogP contribution in [0.5, 0.6) is 0 Å². The van der Waals surface area contributed by atoms with E-state index in [0.29, 0.717) is 12.8 Å². The summed E-state index contributed by atoms with van der Waals surface area (Å²) in [5.41, 5.74) is 8.17. The Morgan fingerprint density at radius 2 is 1.69 bits per heavy atom. The molecule has 0 saturated heterocycles. The standard InChI is InChI=1S/C26H26N4O4.ClH/c1-2-33-26(32)23-29-25(34-30-23)22(16-17-8-4-3-5-9-17)28-24(31)21(27)15-18-12-13-19-10-6-7-11-20(19)14-18;/h3-14,21-22H,2,15-16,27H2,1H3,(H,28,31);1H/t21-,22-;/m1./s1. The number of nitrogens with two attached hydrogens (primary N) is 1. The number of amides is 1. The lowest BCUT2D eigenvalue weighted by atomic mass is 10.0. The third kappa shape index (κ3) is 6.65. The van der Waals surface area contributed by atoms with Gasteiger partial charge in [-0.3, -0.25) is 4.79 Å². The zero-order valence-corrected chi connectivity index (χ0v) is 20.0. The summed E-state index contributed by atoms with van der Waals surface area (Å²) in [5, 5.41) is 8.83. The topological polar surface area (TPSA) is 120 Å². The monoisotopic (exact) mass is 494 g/mol. The first-order valence-corrected chi connectivity index (χ1v) is 11.1. The van der Waals surface area contributed by atoms with Crippen molar-refractivity contribution >= 4 is 35.1 Å². The van der Waals surface area contributed by atoms with Crippen LogP contribution in [-0.4, -0.2) is 34.7 Å². The number of nitrogens with one attached hydrogen (secondary N) is 1. The van der Waals surface area contributed by atoms with E-state index in [-0.39, 0.29) is 36.6 Å². The number of aromatic nitrogens is 2. The van der Waals surface area contributed by atoms with E-state index in [2.05, 4.69) is 15.5 Å². The van der Waals surface area contributed by atoms with Gasteiger partial charge < -0.3 is 20.3 Å². The number of hydrogen-bond donors (Lipinski definition) is 2. The molecule has 0 aliphatic heterocycles. The van der Waals surface area contributed by atoms with Gasteiger partial charge in [-0.05, 0) is 40.4 Å². The molecule has 8 nitrogen and oxygen atoms in total. The average molecular weight is 495 g/mol. The Hall–Kier alpha value is -3.75. The first kappa shape index (κ1) is 25.9. The van der Waals surface area contributed by atoms with E-state index < -0.39 is 18.1 Å². The van der Waals surface area contributed by atoms with Crippen LogP contribution in [0.3, 0.4) is 0 Å². The second-order valence-corrected chi connectivity index (χ2v) is 7.92. The average Bonchev–Trinajstić information content (AvgIpc) is 3.35. The Labute approximate surface area is 209 Å². The van der Waals surface area contributed by atoms with Gasteiger partial charge >= 0.3 is 5.97 Å². The van der Waals surface area contributed by atoms with Crippen molar-refractivity contribution in [1.82, 2.24) is 15.5 Å². The minimum Gasteiger partial charge on any atom is -0.460 e. The van der Waals surface area contributed by atoms with Crippen molar-refractivity contribution in [2.24, 2.45) is 5.73 Å². The molecule has 0 saturated carbocycles. The van der Waals surface area contributed by atoms with Gasteiger partial charge in [-0.15, -0.1) is 12.4 Å². The zero-order chi connectivity index (χ0) is 23.9. The van der Waals surface area contributed by atoms with Crippen LogP contribution in [0.15, 0.2) is 77.3 Å². The molecule has 3 aromatic carbocycles. The number of fused-ring (bicyclic) bond motifs is 1. The molecule has 1 amide bonds. The molecule has 182 valence electrons. The maximum atomic E-state index is 13.0. The van der Waals surface area contributed by atoms with Crippen molar-refractivity contribution < 1.29 is 18.8 Å². The van der Waals surface area contributed by atoms with Crippen molar-refractivity contribution in [3.05, 3.63) is 95.6 Å². The smallest absolute Gasteiger partial charge is 0.379 e. The van der Waals surface area contributed by atoms with Crippen molar-refractivity contribution in [3.63, 3.8) is 0 Å². The third-order valence-corrected chi connectivity index (χ3v) is 5.40. The molecule has 0 radical (unpaired) electrons. The molecule has 0 spiro atoms.